The van der Waals surface area contributed by atoms with Gasteiger partial charge in [0.1, 0.15) is 0 Å². The van der Waals surface area contributed by atoms with Gasteiger partial charge in [-0.1, -0.05) is 42.5 Å². The molecule has 3 aromatic rings. The van der Waals surface area contributed by atoms with Gasteiger partial charge in [-0.3, -0.25) is 4.79 Å². The molecule has 0 saturated heterocycles. The average Bonchev–Trinajstić information content (AvgIpc) is 2.94. The molecule has 22 heavy (non-hydrogen) atoms. The summed E-state index contributed by atoms with van der Waals surface area (Å²) in [6, 6.07) is 18.1. The molecule has 0 unspecified atom stereocenters. The van der Waals surface area contributed by atoms with Gasteiger partial charge in [-0.05, 0) is 29.5 Å². The van der Waals surface area contributed by atoms with Crippen LogP contribution in [0.2, 0.25) is 0 Å². The molecular formula is C17H16N2OS2. The van der Waals surface area contributed by atoms with Crippen molar-refractivity contribution in [1.29, 1.82) is 0 Å². The third kappa shape index (κ3) is 4.16. The molecule has 0 spiro atoms. The van der Waals surface area contributed by atoms with Crippen LogP contribution in [0.5, 0.6) is 0 Å². The van der Waals surface area contributed by atoms with Crippen molar-refractivity contribution in [3.05, 3.63) is 60.2 Å². The summed E-state index contributed by atoms with van der Waals surface area (Å²) in [7, 11) is 0. The lowest BCUT2D eigenvalue weighted by Crippen LogP contribution is -2.16. The predicted octanol–water partition coefficient (Wildman–Crippen LogP) is 4.09. The fourth-order valence-corrected chi connectivity index (χ4v) is 4.02. The molecule has 0 radical (unpaired) electrons. The first-order valence-electron chi connectivity index (χ1n) is 7.12. The summed E-state index contributed by atoms with van der Waals surface area (Å²) >= 11 is 2.82. The number of carbonyl (C=O) groups excluding carboxylic acids is 1. The van der Waals surface area contributed by atoms with Crippen LogP contribution in [-0.4, -0.2) is 16.6 Å². The highest BCUT2D eigenvalue weighted by molar-refractivity contribution is 8.15. The molecule has 0 bridgehead atoms. The fraction of sp³-hybridized carbons (Fsp3) is 0.176. The van der Waals surface area contributed by atoms with Crippen LogP contribution >= 0.6 is 23.1 Å². The van der Waals surface area contributed by atoms with E-state index < -0.39 is 0 Å². The number of rotatable bonds is 6. The molecule has 3 nitrogen and oxygen atoms in total. The van der Waals surface area contributed by atoms with E-state index in [1.54, 1.807) is 11.3 Å². The van der Waals surface area contributed by atoms with Gasteiger partial charge >= 0.3 is 0 Å². The highest BCUT2D eigenvalue weighted by Crippen LogP contribution is 2.30. The SMILES string of the molecule is O=C(CCNCc1ccccc1)Sc1nc2ccccc2s1. The van der Waals surface area contributed by atoms with Crippen LogP contribution in [0.1, 0.15) is 12.0 Å². The van der Waals surface area contributed by atoms with Crippen molar-refractivity contribution in [3.8, 4) is 0 Å². The summed E-state index contributed by atoms with van der Waals surface area (Å²) in [5.41, 5.74) is 2.19. The lowest BCUT2D eigenvalue weighted by atomic mass is 10.2. The van der Waals surface area contributed by atoms with Crippen LogP contribution in [0.4, 0.5) is 0 Å². The van der Waals surface area contributed by atoms with E-state index in [0.29, 0.717) is 13.0 Å². The van der Waals surface area contributed by atoms with Crippen molar-refractivity contribution in [3.63, 3.8) is 0 Å². The lowest BCUT2D eigenvalue weighted by molar-refractivity contribution is -0.110. The Morgan fingerprint density at radius 3 is 2.68 bits per heavy atom. The third-order valence-corrected chi connectivity index (χ3v) is 5.18. The van der Waals surface area contributed by atoms with Crippen LogP contribution in [0, 0.1) is 0 Å². The van der Waals surface area contributed by atoms with E-state index in [1.807, 2.05) is 42.5 Å². The summed E-state index contributed by atoms with van der Waals surface area (Å²) in [6.07, 6.45) is 0.507. The van der Waals surface area contributed by atoms with E-state index in [4.69, 9.17) is 0 Å². The molecule has 0 aliphatic heterocycles. The molecule has 0 fully saturated rings. The minimum Gasteiger partial charge on any atom is -0.312 e. The van der Waals surface area contributed by atoms with Crippen molar-refractivity contribution in [2.75, 3.05) is 6.54 Å². The number of nitrogens with zero attached hydrogens (tertiary/aromatic N) is 1. The van der Waals surface area contributed by atoms with Gasteiger partial charge in [-0.2, -0.15) is 0 Å². The molecule has 0 amide bonds. The summed E-state index contributed by atoms with van der Waals surface area (Å²) < 4.78 is 1.95. The van der Waals surface area contributed by atoms with Gasteiger partial charge in [0.2, 0.25) is 0 Å². The Hall–Kier alpha value is -1.69. The van der Waals surface area contributed by atoms with Gasteiger partial charge in [0, 0.05) is 19.5 Å². The minimum absolute atomic E-state index is 0.152. The Kier molecular flexibility index (Phi) is 5.21. The number of thiazole rings is 1. The van der Waals surface area contributed by atoms with Crippen molar-refractivity contribution in [2.45, 2.75) is 17.3 Å². The molecule has 0 aliphatic carbocycles. The molecule has 1 aromatic heterocycles. The summed E-state index contributed by atoms with van der Waals surface area (Å²) in [6.45, 7) is 1.48. The second kappa shape index (κ2) is 7.54. The van der Waals surface area contributed by atoms with E-state index >= 15 is 0 Å². The van der Waals surface area contributed by atoms with Crippen molar-refractivity contribution >= 4 is 38.4 Å². The first-order chi connectivity index (χ1) is 10.8. The zero-order chi connectivity index (χ0) is 15.2. The van der Waals surface area contributed by atoms with Crippen LogP contribution in [0.15, 0.2) is 58.9 Å². The Bertz CT molecular complexity index is 722. The maximum absolute atomic E-state index is 12.0. The average molecular weight is 328 g/mol. The standard InChI is InChI=1S/C17H16N2OS2/c20-16(10-11-18-12-13-6-2-1-3-7-13)22-17-19-14-8-4-5-9-15(14)21-17/h1-9,18H,10-12H2. The quantitative estimate of drug-likeness (QED) is 0.546. The molecule has 1 N–H and O–H groups in total. The number of aromatic nitrogens is 1. The van der Waals surface area contributed by atoms with Crippen molar-refractivity contribution in [2.24, 2.45) is 0 Å². The van der Waals surface area contributed by atoms with Crippen LogP contribution < -0.4 is 5.32 Å². The van der Waals surface area contributed by atoms with Gasteiger partial charge in [-0.15, -0.1) is 11.3 Å². The monoisotopic (exact) mass is 328 g/mol. The first kappa shape index (κ1) is 15.2. The van der Waals surface area contributed by atoms with Crippen LogP contribution in [0.25, 0.3) is 10.2 Å². The molecular weight excluding hydrogens is 312 g/mol. The number of para-hydroxylation sites is 1. The number of benzene rings is 2. The topological polar surface area (TPSA) is 42.0 Å². The number of fused-ring (bicyclic) bond motifs is 1. The summed E-state index contributed by atoms with van der Waals surface area (Å²) in [4.78, 5) is 16.5. The van der Waals surface area contributed by atoms with Crippen molar-refractivity contribution < 1.29 is 4.79 Å². The molecule has 0 saturated carbocycles. The summed E-state index contributed by atoms with van der Waals surface area (Å²) in [5.74, 6) is 0. The second-order valence-corrected chi connectivity index (χ2v) is 7.17. The zero-order valence-electron chi connectivity index (χ0n) is 12.0. The number of hydrogen-bond donors (Lipinski definition) is 1. The maximum atomic E-state index is 12.0. The van der Waals surface area contributed by atoms with E-state index in [0.717, 1.165) is 21.1 Å². The minimum atomic E-state index is 0.152. The van der Waals surface area contributed by atoms with Crippen LogP contribution in [0.3, 0.4) is 0 Å². The number of carbonyl (C=O) groups is 1. The number of thioether (sulfide) groups is 1. The number of nitrogens with one attached hydrogen (secondary N) is 1. The fourth-order valence-electron chi connectivity index (χ4n) is 2.06. The third-order valence-electron chi connectivity index (χ3n) is 3.15. The Morgan fingerprint density at radius 2 is 1.86 bits per heavy atom. The summed E-state index contributed by atoms with van der Waals surface area (Å²) in [5, 5.41) is 3.45. The Labute approximate surface area is 137 Å². The van der Waals surface area contributed by atoms with E-state index in [2.05, 4.69) is 22.4 Å². The van der Waals surface area contributed by atoms with Gasteiger partial charge in [0.05, 0.1) is 10.2 Å². The van der Waals surface area contributed by atoms with E-state index in [9.17, 15) is 4.79 Å². The van der Waals surface area contributed by atoms with Gasteiger partial charge in [-0.25, -0.2) is 4.98 Å². The molecule has 1 heterocycles. The first-order valence-corrected chi connectivity index (χ1v) is 8.75. The number of hydrogen-bond acceptors (Lipinski definition) is 5. The largest absolute Gasteiger partial charge is 0.312 e. The second-order valence-electron chi connectivity index (χ2n) is 4.83. The molecule has 0 atom stereocenters. The predicted molar refractivity (Wildman–Crippen MR) is 93.2 cm³/mol. The highest BCUT2D eigenvalue weighted by Gasteiger charge is 2.09. The lowest BCUT2D eigenvalue weighted by Gasteiger charge is -2.03. The highest BCUT2D eigenvalue weighted by atomic mass is 32.2. The van der Waals surface area contributed by atoms with E-state index in [-0.39, 0.29) is 5.12 Å². The Morgan fingerprint density at radius 1 is 1.09 bits per heavy atom. The normalized spacial score (nSPS) is 10.9. The maximum Gasteiger partial charge on any atom is 0.197 e. The van der Waals surface area contributed by atoms with E-state index in [1.165, 1.54) is 17.3 Å². The molecule has 5 heteroatoms. The Balaban J connectivity index is 1.44. The van der Waals surface area contributed by atoms with Crippen molar-refractivity contribution in [1.82, 2.24) is 10.3 Å². The molecule has 0 aliphatic rings. The molecule has 112 valence electrons. The smallest absolute Gasteiger partial charge is 0.197 e. The van der Waals surface area contributed by atoms with Gasteiger partial charge in [0.15, 0.2) is 9.45 Å². The van der Waals surface area contributed by atoms with Gasteiger partial charge in [0.25, 0.3) is 0 Å². The van der Waals surface area contributed by atoms with Crippen LogP contribution in [-0.2, 0) is 11.3 Å². The molecule has 2 aromatic carbocycles. The van der Waals surface area contributed by atoms with Gasteiger partial charge < -0.3 is 5.32 Å². The molecule has 3 rings (SSSR count). The zero-order valence-corrected chi connectivity index (χ0v) is 13.6.